The molecule has 10 heteroatoms. The first kappa shape index (κ1) is 44.8. The number of carbonyl (C=O) groups excluding carboxylic acids is 2. The van der Waals surface area contributed by atoms with E-state index in [0.29, 0.717) is 25.7 Å². The maximum absolute atomic E-state index is 11.9. The number of benzene rings is 7. The topological polar surface area (TPSA) is 94.7 Å². The predicted octanol–water partition coefficient (Wildman–Crippen LogP) is 13.7. The van der Waals surface area contributed by atoms with Crippen molar-refractivity contribution in [1.82, 2.24) is 19.1 Å². The molecular weight excluding hydrogens is 869 g/mol. The summed E-state index contributed by atoms with van der Waals surface area (Å²) in [5.41, 5.74) is 15.2. The normalized spacial score (nSPS) is 11.1. The van der Waals surface area contributed by atoms with E-state index in [1.807, 2.05) is 73.3 Å². The zero-order valence-electron chi connectivity index (χ0n) is 38.9. The van der Waals surface area contributed by atoms with Crippen LogP contribution in [0.3, 0.4) is 0 Å². The fraction of sp³-hybridized carbons (Fsp3) is 0.100. The highest BCUT2D eigenvalue weighted by Gasteiger charge is 2.19. The van der Waals surface area contributed by atoms with Gasteiger partial charge in [-0.25, -0.2) is 9.97 Å². The number of para-hydroxylation sites is 2. The number of anilines is 6. The minimum absolute atomic E-state index is 0.226. The molecule has 0 N–H and O–H groups in total. The molecule has 7 aromatic carbocycles. The molecule has 0 aliphatic heterocycles. The van der Waals surface area contributed by atoms with Crippen LogP contribution in [0.2, 0.25) is 0 Å². The van der Waals surface area contributed by atoms with Crippen molar-refractivity contribution >= 4 is 57.1 Å². The molecule has 10 rings (SSSR count). The highest BCUT2D eigenvalue weighted by Crippen LogP contribution is 2.40. The fourth-order valence-corrected chi connectivity index (χ4v) is 8.72. The summed E-state index contributed by atoms with van der Waals surface area (Å²) < 4.78 is 13.9. The van der Waals surface area contributed by atoms with Crippen LogP contribution < -0.4 is 9.80 Å². The van der Waals surface area contributed by atoms with Gasteiger partial charge in [0.25, 0.3) is 0 Å². The molecule has 0 aliphatic carbocycles. The van der Waals surface area contributed by atoms with Crippen LogP contribution in [0.15, 0.2) is 219 Å². The van der Waals surface area contributed by atoms with Crippen molar-refractivity contribution in [3.63, 3.8) is 0 Å². The first-order valence-corrected chi connectivity index (χ1v) is 23.3. The number of hydrogen-bond donors (Lipinski definition) is 0. The van der Waals surface area contributed by atoms with Crippen LogP contribution in [0, 0.1) is 0 Å². The van der Waals surface area contributed by atoms with E-state index in [-0.39, 0.29) is 11.9 Å². The molecule has 0 aliphatic rings. The quantitative estimate of drug-likeness (QED) is 0.0885. The second kappa shape index (κ2) is 20.5. The van der Waals surface area contributed by atoms with Gasteiger partial charge in [0.2, 0.25) is 0 Å². The van der Waals surface area contributed by atoms with Crippen LogP contribution in [-0.4, -0.2) is 45.3 Å². The van der Waals surface area contributed by atoms with Gasteiger partial charge in [0, 0.05) is 94.3 Å². The van der Waals surface area contributed by atoms with Crippen molar-refractivity contribution < 1.29 is 19.1 Å². The highest BCUT2D eigenvalue weighted by molar-refractivity contribution is 5.88. The lowest BCUT2D eigenvalue weighted by atomic mass is 10.0. The maximum atomic E-state index is 11.9. The van der Waals surface area contributed by atoms with E-state index >= 15 is 0 Å². The highest BCUT2D eigenvalue weighted by atomic mass is 16.5. The monoisotopic (exact) mass is 918 g/mol. The third kappa shape index (κ3) is 9.84. The molecule has 10 nitrogen and oxygen atoms in total. The number of aryl methyl sites for hydroxylation is 2. The van der Waals surface area contributed by atoms with Crippen LogP contribution in [-0.2, 0) is 31.9 Å². The average molecular weight is 919 g/mol. The molecule has 0 amide bonds. The summed E-state index contributed by atoms with van der Waals surface area (Å²) in [6.07, 6.45) is 9.99. The number of esters is 2. The van der Waals surface area contributed by atoms with Crippen molar-refractivity contribution in [2.24, 2.45) is 0 Å². The summed E-state index contributed by atoms with van der Waals surface area (Å²) in [7, 11) is 2.84. The number of fused-ring (bicyclic) bond motifs is 1. The van der Waals surface area contributed by atoms with Gasteiger partial charge in [-0.15, -0.1) is 0 Å². The van der Waals surface area contributed by atoms with Gasteiger partial charge in [-0.05, 0) is 157 Å². The molecular formula is C60H50N6O4. The van der Waals surface area contributed by atoms with Crippen LogP contribution >= 0.6 is 0 Å². The molecule has 10 aromatic rings. The SMILES string of the molecule is COC(=O)CCc1ccc(N(c2ccc(-c3nc4ccccc4nc3-c3ccc(N(c4ccc(CCC(=O)OC)cc4)c4ccc(-n5cccc5)cc4)cc3)cc2)c2ccc(-n3cccc3)cc2)cc1. The van der Waals surface area contributed by atoms with E-state index in [0.717, 1.165) is 90.2 Å². The molecule has 0 bridgehead atoms. The first-order chi connectivity index (χ1) is 34.4. The smallest absolute Gasteiger partial charge is 0.305 e. The maximum Gasteiger partial charge on any atom is 0.305 e. The summed E-state index contributed by atoms with van der Waals surface area (Å²) >= 11 is 0. The molecule has 0 saturated heterocycles. The zero-order chi connectivity index (χ0) is 47.8. The average Bonchev–Trinajstić information content (AvgIpc) is 4.18. The molecule has 0 radical (unpaired) electrons. The Bertz CT molecular complexity index is 3110. The molecule has 3 heterocycles. The lowest BCUT2D eigenvalue weighted by Gasteiger charge is -2.26. The number of ether oxygens (including phenoxy) is 2. The van der Waals surface area contributed by atoms with Gasteiger partial charge in [0.15, 0.2) is 0 Å². The van der Waals surface area contributed by atoms with Gasteiger partial charge in [0.1, 0.15) is 0 Å². The van der Waals surface area contributed by atoms with E-state index in [1.54, 1.807) is 0 Å². The minimum atomic E-state index is -0.226. The Morgan fingerprint density at radius 3 is 1.01 bits per heavy atom. The Hall–Kier alpha value is -9.02. The molecule has 3 aromatic heterocycles. The van der Waals surface area contributed by atoms with Gasteiger partial charge in [-0.1, -0.05) is 60.7 Å². The van der Waals surface area contributed by atoms with Crippen LogP contribution in [0.5, 0.6) is 0 Å². The second-order valence-corrected chi connectivity index (χ2v) is 16.9. The van der Waals surface area contributed by atoms with Crippen LogP contribution in [0.1, 0.15) is 24.0 Å². The number of carbonyl (C=O) groups is 2. The van der Waals surface area contributed by atoms with Crippen molar-refractivity contribution in [1.29, 1.82) is 0 Å². The molecule has 0 saturated carbocycles. The Labute approximate surface area is 407 Å². The van der Waals surface area contributed by atoms with Crippen molar-refractivity contribution in [3.05, 3.63) is 230 Å². The first-order valence-electron chi connectivity index (χ1n) is 23.3. The molecule has 0 spiro atoms. The number of rotatable bonds is 16. The van der Waals surface area contributed by atoms with Crippen LogP contribution in [0.4, 0.5) is 34.1 Å². The van der Waals surface area contributed by atoms with Gasteiger partial charge in [-0.3, -0.25) is 9.59 Å². The van der Waals surface area contributed by atoms with E-state index in [2.05, 4.69) is 165 Å². The molecule has 0 atom stereocenters. The van der Waals surface area contributed by atoms with E-state index in [9.17, 15) is 9.59 Å². The Morgan fingerprint density at radius 2 is 0.700 bits per heavy atom. The lowest BCUT2D eigenvalue weighted by Crippen LogP contribution is -2.10. The van der Waals surface area contributed by atoms with Gasteiger partial charge >= 0.3 is 11.9 Å². The Balaban J connectivity index is 0.995. The molecule has 344 valence electrons. The lowest BCUT2D eigenvalue weighted by molar-refractivity contribution is -0.141. The minimum Gasteiger partial charge on any atom is -0.469 e. The van der Waals surface area contributed by atoms with E-state index in [4.69, 9.17) is 19.4 Å². The summed E-state index contributed by atoms with van der Waals surface area (Å²) in [5, 5.41) is 0. The largest absolute Gasteiger partial charge is 0.469 e. The van der Waals surface area contributed by atoms with Crippen molar-refractivity contribution in [2.45, 2.75) is 25.7 Å². The van der Waals surface area contributed by atoms with Gasteiger partial charge in [0.05, 0.1) is 36.6 Å². The standard InChI is InChI=1S/C60H50N6O4/c1-69-57(67)37-15-43-11-21-49(22-12-43)65(53-33-29-47(30-34-53)63-39-5-6-40-63)51-25-17-45(18-26-51)59-60(62-56-10-4-3-9-55(56)61-59)46-19-27-52(28-20-46)66(50-23-13-44(14-24-50)16-38-58(68)70-2)54-35-31-48(32-36-54)64-41-7-8-42-64/h3-14,17-36,39-42H,15-16,37-38H2,1-2H3. The van der Waals surface area contributed by atoms with Crippen LogP contribution in [0.25, 0.3) is 44.9 Å². The summed E-state index contributed by atoms with van der Waals surface area (Å²) in [6, 6.07) is 66.7. The fourth-order valence-electron chi connectivity index (χ4n) is 8.72. The molecule has 0 unspecified atom stereocenters. The van der Waals surface area contributed by atoms with E-state index in [1.165, 1.54) is 14.2 Å². The zero-order valence-corrected chi connectivity index (χ0v) is 38.9. The predicted molar refractivity (Wildman–Crippen MR) is 279 cm³/mol. The Kier molecular flexibility index (Phi) is 13.1. The van der Waals surface area contributed by atoms with Gasteiger partial charge in [-0.2, -0.15) is 0 Å². The third-order valence-corrected chi connectivity index (χ3v) is 12.5. The van der Waals surface area contributed by atoms with Crippen molar-refractivity contribution in [3.8, 4) is 33.9 Å². The second-order valence-electron chi connectivity index (χ2n) is 16.9. The summed E-state index contributed by atoms with van der Waals surface area (Å²) in [5.74, 6) is -0.452. The van der Waals surface area contributed by atoms with Gasteiger partial charge < -0.3 is 28.4 Å². The number of hydrogen-bond acceptors (Lipinski definition) is 8. The molecule has 0 fully saturated rings. The van der Waals surface area contributed by atoms with E-state index < -0.39 is 0 Å². The summed E-state index contributed by atoms with van der Waals surface area (Å²) in [4.78, 5) is 38.8. The Morgan fingerprint density at radius 1 is 0.400 bits per heavy atom. The summed E-state index contributed by atoms with van der Waals surface area (Å²) in [6.45, 7) is 0. The molecule has 70 heavy (non-hydrogen) atoms. The number of aromatic nitrogens is 4. The van der Waals surface area contributed by atoms with Crippen molar-refractivity contribution in [2.75, 3.05) is 24.0 Å². The third-order valence-electron chi connectivity index (χ3n) is 12.5. The number of methoxy groups -OCH3 is 2. The number of nitrogens with zero attached hydrogens (tertiary/aromatic N) is 6.